The van der Waals surface area contributed by atoms with Gasteiger partial charge in [-0.2, -0.15) is 11.8 Å². The van der Waals surface area contributed by atoms with Crippen LogP contribution in [0.4, 0.5) is 4.79 Å². The molecule has 2 aliphatic heterocycles. The highest BCUT2D eigenvalue weighted by Gasteiger charge is 2.46. The summed E-state index contributed by atoms with van der Waals surface area (Å²) in [6, 6.07) is 0.593. The summed E-state index contributed by atoms with van der Waals surface area (Å²) >= 11 is 1.90. The van der Waals surface area contributed by atoms with Crippen LogP contribution in [-0.2, 0) is 4.79 Å². The Morgan fingerprint density at radius 2 is 2.35 bits per heavy atom. The highest BCUT2D eigenvalue weighted by molar-refractivity contribution is 8.00. The van der Waals surface area contributed by atoms with Gasteiger partial charge in [0.1, 0.15) is 0 Å². The summed E-state index contributed by atoms with van der Waals surface area (Å²) < 4.78 is 0. The minimum absolute atomic E-state index is 0.0239. The van der Waals surface area contributed by atoms with Crippen molar-refractivity contribution >= 4 is 23.8 Å². The maximum Gasteiger partial charge on any atom is 0.317 e. The third-order valence-corrected chi connectivity index (χ3v) is 4.98. The number of hydrogen-bond acceptors (Lipinski definition) is 3. The zero-order valence-electron chi connectivity index (χ0n) is 9.89. The van der Waals surface area contributed by atoms with E-state index >= 15 is 0 Å². The molecule has 0 bridgehead atoms. The molecule has 0 aromatic heterocycles. The Morgan fingerprint density at radius 1 is 1.59 bits per heavy atom. The molecular formula is C11H18N2O3S. The van der Waals surface area contributed by atoms with Gasteiger partial charge in [0.05, 0.1) is 12.1 Å². The Kier molecular flexibility index (Phi) is 3.81. The highest BCUT2D eigenvalue weighted by atomic mass is 32.2. The molecule has 2 saturated heterocycles. The number of nitrogens with one attached hydrogen (secondary N) is 1. The number of carbonyl (C=O) groups is 2. The van der Waals surface area contributed by atoms with E-state index in [1.807, 2.05) is 18.8 Å². The van der Waals surface area contributed by atoms with Gasteiger partial charge in [0.15, 0.2) is 0 Å². The molecule has 0 radical (unpaired) electrons. The van der Waals surface area contributed by atoms with E-state index in [0.717, 1.165) is 25.0 Å². The Bertz CT molecular complexity index is 324. The summed E-state index contributed by atoms with van der Waals surface area (Å²) in [4.78, 5) is 23.7. The van der Waals surface area contributed by atoms with E-state index in [0.29, 0.717) is 5.25 Å². The van der Waals surface area contributed by atoms with Crippen molar-refractivity contribution in [1.29, 1.82) is 0 Å². The van der Waals surface area contributed by atoms with Crippen LogP contribution in [0.3, 0.4) is 0 Å². The van der Waals surface area contributed by atoms with Crippen molar-refractivity contribution in [1.82, 2.24) is 10.2 Å². The molecule has 1 unspecified atom stereocenters. The summed E-state index contributed by atoms with van der Waals surface area (Å²) in [7, 11) is 1.84. The van der Waals surface area contributed by atoms with Crippen molar-refractivity contribution in [3.05, 3.63) is 0 Å². The molecule has 0 saturated carbocycles. The second-order valence-electron chi connectivity index (χ2n) is 4.67. The largest absolute Gasteiger partial charge is 0.481 e. The second kappa shape index (κ2) is 5.16. The van der Waals surface area contributed by atoms with Crippen LogP contribution in [0.15, 0.2) is 0 Å². The summed E-state index contributed by atoms with van der Waals surface area (Å²) in [5.74, 6) is 0.251. The van der Waals surface area contributed by atoms with Gasteiger partial charge in [-0.15, -0.1) is 0 Å². The first-order valence-corrected chi connectivity index (χ1v) is 7.01. The number of hydrogen-bond donors (Lipinski definition) is 2. The maximum absolute atomic E-state index is 11.5. The quantitative estimate of drug-likeness (QED) is 0.573. The first kappa shape index (κ1) is 12.5. The van der Waals surface area contributed by atoms with Gasteiger partial charge in [-0.25, -0.2) is 4.79 Å². The Balaban J connectivity index is 1.78. The summed E-state index contributed by atoms with van der Waals surface area (Å²) in [6.07, 6.45) is 2.90. The number of urea groups is 1. The molecule has 2 fully saturated rings. The van der Waals surface area contributed by atoms with E-state index in [4.69, 9.17) is 5.11 Å². The van der Waals surface area contributed by atoms with E-state index in [9.17, 15) is 9.59 Å². The van der Waals surface area contributed by atoms with Crippen LogP contribution < -0.4 is 5.32 Å². The molecule has 17 heavy (non-hydrogen) atoms. The third-order valence-electron chi connectivity index (χ3n) is 3.49. The first-order valence-electron chi connectivity index (χ1n) is 5.96. The molecule has 2 N–H and O–H groups in total. The molecule has 2 rings (SSSR count). The zero-order valence-corrected chi connectivity index (χ0v) is 10.7. The van der Waals surface area contributed by atoms with Crippen LogP contribution in [0.1, 0.15) is 25.7 Å². The number of aliphatic carboxylic acids is 1. The van der Waals surface area contributed by atoms with Crippen LogP contribution in [0.25, 0.3) is 0 Å². The van der Waals surface area contributed by atoms with Crippen LogP contribution >= 0.6 is 11.8 Å². The fourth-order valence-electron chi connectivity index (χ4n) is 2.60. The number of amides is 2. The number of nitrogens with zero attached hydrogens (tertiary/aromatic N) is 1. The number of rotatable bonds is 5. The number of carbonyl (C=O) groups excluding carboxylic acids is 1. The molecule has 96 valence electrons. The molecule has 0 spiro atoms. The van der Waals surface area contributed by atoms with Crippen molar-refractivity contribution in [3.63, 3.8) is 0 Å². The van der Waals surface area contributed by atoms with Crippen LogP contribution in [0.2, 0.25) is 0 Å². The lowest BCUT2D eigenvalue weighted by molar-refractivity contribution is -0.137. The molecule has 0 aliphatic carbocycles. The molecular weight excluding hydrogens is 240 g/mol. The van der Waals surface area contributed by atoms with Crippen LogP contribution in [-0.4, -0.2) is 52.1 Å². The van der Waals surface area contributed by atoms with Gasteiger partial charge in [0.2, 0.25) is 0 Å². The molecule has 2 aliphatic rings. The lowest BCUT2D eigenvalue weighted by Gasteiger charge is -2.23. The number of unbranched alkanes of at least 4 members (excludes halogenated alkanes) is 1. The van der Waals surface area contributed by atoms with Crippen molar-refractivity contribution in [2.75, 3.05) is 12.8 Å². The minimum atomic E-state index is -0.725. The van der Waals surface area contributed by atoms with E-state index in [-0.39, 0.29) is 24.5 Å². The number of fused-ring (bicyclic) bond motifs is 1. The van der Waals surface area contributed by atoms with Crippen molar-refractivity contribution in [2.45, 2.75) is 43.0 Å². The normalized spacial score (nSPS) is 31.5. The Morgan fingerprint density at radius 3 is 3.06 bits per heavy atom. The van der Waals surface area contributed by atoms with E-state index in [1.54, 1.807) is 4.90 Å². The smallest absolute Gasteiger partial charge is 0.317 e. The van der Waals surface area contributed by atoms with Crippen LogP contribution in [0.5, 0.6) is 0 Å². The number of carboxylic acid groups (broad SMARTS) is 1. The standard InChI is InChI=1S/C11H18N2O3S/c1-13-10-7(12-11(13)16)6-17-8(10)4-2-3-5-9(14)15/h7-8,10H,2-6H2,1H3,(H,12,16)(H,14,15)/t7?,8-,10-/m0/s1. The summed E-state index contributed by atoms with van der Waals surface area (Å²) in [6.45, 7) is 0. The summed E-state index contributed by atoms with van der Waals surface area (Å²) in [5.41, 5.74) is 0. The van der Waals surface area contributed by atoms with Gasteiger partial charge in [0, 0.05) is 24.5 Å². The lowest BCUT2D eigenvalue weighted by Crippen LogP contribution is -2.38. The van der Waals surface area contributed by atoms with Crippen molar-refractivity contribution in [2.24, 2.45) is 0 Å². The monoisotopic (exact) mass is 258 g/mol. The van der Waals surface area contributed by atoms with E-state index in [1.165, 1.54) is 0 Å². The van der Waals surface area contributed by atoms with Gasteiger partial charge in [-0.3, -0.25) is 4.79 Å². The van der Waals surface area contributed by atoms with Gasteiger partial charge in [-0.05, 0) is 12.8 Å². The average Bonchev–Trinajstić information content (AvgIpc) is 2.77. The van der Waals surface area contributed by atoms with E-state index in [2.05, 4.69) is 5.32 Å². The predicted octanol–water partition coefficient (Wildman–Crippen LogP) is 1.14. The Hall–Kier alpha value is -0.910. The molecule has 5 nitrogen and oxygen atoms in total. The van der Waals surface area contributed by atoms with Crippen molar-refractivity contribution in [3.8, 4) is 0 Å². The molecule has 3 atom stereocenters. The predicted molar refractivity (Wildman–Crippen MR) is 66.2 cm³/mol. The third kappa shape index (κ3) is 2.68. The van der Waals surface area contributed by atoms with Gasteiger partial charge >= 0.3 is 12.0 Å². The van der Waals surface area contributed by atoms with Gasteiger partial charge in [0.25, 0.3) is 0 Å². The molecule has 0 aromatic rings. The van der Waals surface area contributed by atoms with E-state index < -0.39 is 5.97 Å². The first-order chi connectivity index (χ1) is 8.09. The van der Waals surface area contributed by atoms with Crippen LogP contribution in [0, 0.1) is 0 Å². The van der Waals surface area contributed by atoms with Gasteiger partial charge in [-0.1, -0.05) is 6.42 Å². The minimum Gasteiger partial charge on any atom is -0.481 e. The topological polar surface area (TPSA) is 69.6 Å². The second-order valence-corrected chi connectivity index (χ2v) is 5.94. The average molecular weight is 258 g/mol. The zero-order chi connectivity index (χ0) is 12.4. The Labute approximate surface area is 105 Å². The maximum atomic E-state index is 11.5. The summed E-state index contributed by atoms with van der Waals surface area (Å²) in [5, 5.41) is 12.0. The fourth-order valence-corrected chi connectivity index (χ4v) is 4.24. The molecule has 2 heterocycles. The molecule has 6 heteroatoms. The molecule has 0 aromatic carbocycles. The fraction of sp³-hybridized carbons (Fsp3) is 0.818. The number of thioether (sulfide) groups is 1. The number of likely N-dealkylation sites (N-methyl/N-ethyl adjacent to an activating group) is 1. The lowest BCUT2D eigenvalue weighted by atomic mass is 10.0. The number of carboxylic acids is 1. The highest BCUT2D eigenvalue weighted by Crippen LogP contribution is 2.36. The molecule has 2 amide bonds. The van der Waals surface area contributed by atoms with Crippen molar-refractivity contribution < 1.29 is 14.7 Å². The SMILES string of the molecule is CN1C(=O)NC2CS[C@@H](CCCCC(=O)O)[C@H]21. The van der Waals surface area contributed by atoms with Gasteiger partial charge < -0.3 is 15.3 Å².